The Balaban J connectivity index is 2.00. The summed E-state index contributed by atoms with van der Waals surface area (Å²) < 4.78 is 10.7. The fourth-order valence-corrected chi connectivity index (χ4v) is 3.61. The van der Waals surface area contributed by atoms with E-state index in [4.69, 9.17) is 9.15 Å². The lowest BCUT2D eigenvalue weighted by molar-refractivity contribution is -0.129. The fourth-order valence-electron chi connectivity index (χ4n) is 2.93. The van der Waals surface area contributed by atoms with Gasteiger partial charge in [0.2, 0.25) is 5.78 Å². The van der Waals surface area contributed by atoms with Gasteiger partial charge in [0.1, 0.15) is 17.6 Å². The molecule has 3 rings (SSSR count). The van der Waals surface area contributed by atoms with E-state index < -0.39 is 17.7 Å². The zero-order valence-electron chi connectivity index (χ0n) is 14.0. The first-order valence-electron chi connectivity index (χ1n) is 7.92. The first-order chi connectivity index (χ1) is 12.0. The molecule has 0 radical (unpaired) electrons. The predicted octanol–water partition coefficient (Wildman–Crippen LogP) is 3.26. The van der Waals surface area contributed by atoms with E-state index in [1.54, 1.807) is 43.7 Å². The second-order valence-electron chi connectivity index (χ2n) is 5.76. The molecule has 3 heterocycles. The van der Waals surface area contributed by atoms with Crippen LogP contribution in [0.3, 0.4) is 0 Å². The van der Waals surface area contributed by atoms with Crippen molar-refractivity contribution in [3.63, 3.8) is 0 Å². The number of aryl methyl sites for hydroxylation is 1. The summed E-state index contributed by atoms with van der Waals surface area (Å²) in [7, 11) is 1.58. The van der Waals surface area contributed by atoms with E-state index in [0.29, 0.717) is 36.0 Å². The monoisotopic (exact) mass is 361 g/mol. The molecule has 0 aromatic carbocycles. The van der Waals surface area contributed by atoms with Crippen LogP contribution in [-0.4, -0.2) is 42.0 Å². The molecular formula is C18H19NO5S. The van der Waals surface area contributed by atoms with Crippen molar-refractivity contribution in [1.82, 2.24) is 4.90 Å². The van der Waals surface area contributed by atoms with E-state index >= 15 is 0 Å². The Morgan fingerprint density at radius 2 is 2.20 bits per heavy atom. The topological polar surface area (TPSA) is 80.0 Å². The number of Topliss-reactive ketones (excluding diaryl/α,β-unsaturated/α-hetero) is 1. The lowest BCUT2D eigenvalue weighted by Crippen LogP contribution is -2.32. The number of thiophene rings is 1. The summed E-state index contributed by atoms with van der Waals surface area (Å²) in [5, 5.41) is 12.2. The molecule has 0 fully saturated rings. The third-order valence-corrected chi connectivity index (χ3v) is 4.94. The summed E-state index contributed by atoms with van der Waals surface area (Å²) in [6, 6.07) is 6.21. The average molecular weight is 361 g/mol. The van der Waals surface area contributed by atoms with E-state index in [0.717, 1.165) is 0 Å². The number of carbonyl (C=O) groups excluding carboxylic acids is 2. The average Bonchev–Trinajstić information content (AvgIpc) is 3.31. The minimum absolute atomic E-state index is 0.0687. The summed E-state index contributed by atoms with van der Waals surface area (Å²) in [5.74, 6) is -0.278. The molecule has 6 nitrogen and oxygen atoms in total. The number of nitrogens with zero attached hydrogens (tertiary/aromatic N) is 1. The van der Waals surface area contributed by atoms with Crippen LogP contribution in [0.4, 0.5) is 0 Å². The van der Waals surface area contributed by atoms with Crippen LogP contribution in [0.2, 0.25) is 0 Å². The molecule has 1 amide bonds. The van der Waals surface area contributed by atoms with Crippen LogP contribution in [0.5, 0.6) is 0 Å². The number of carbonyl (C=O) groups is 2. The first-order valence-corrected chi connectivity index (χ1v) is 8.80. The summed E-state index contributed by atoms with van der Waals surface area (Å²) in [4.78, 5) is 27.4. The van der Waals surface area contributed by atoms with Crippen LogP contribution in [-0.2, 0) is 9.53 Å². The molecule has 0 aliphatic carbocycles. The largest absolute Gasteiger partial charge is 0.503 e. The van der Waals surface area contributed by atoms with Crippen molar-refractivity contribution >= 4 is 23.0 Å². The van der Waals surface area contributed by atoms with E-state index in [2.05, 4.69) is 0 Å². The van der Waals surface area contributed by atoms with Crippen LogP contribution in [0.25, 0.3) is 0 Å². The second-order valence-corrected chi connectivity index (χ2v) is 6.71. The minimum Gasteiger partial charge on any atom is -0.503 e. The summed E-state index contributed by atoms with van der Waals surface area (Å²) >= 11 is 1.27. The number of aliphatic hydroxyl groups excluding tert-OH is 1. The van der Waals surface area contributed by atoms with Crippen LogP contribution < -0.4 is 0 Å². The van der Waals surface area contributed by atoms with Gasteiger partial charge in [0.25, 0.3) is 5.91 Å². The Morgan fingerprint density at radius 3 is 2.80 bits per heavy atom. The number of methoxy groups -OCH3 is 1. The maximum absolute atomic E-state index is 12.9. The molecule has 1 unspecified atom stereocenters. The number of aliphatic hydroxyl groups is 1. The number of ketones is 1. The highest BCUT2D eigenvalue weighted by Crippen LogP contribution is 2.40. The van der Waals surface area contributed by atoms with Crippen molar-refractivity contribution in [3.05, 3.63) is 57.4 Å². The maximum atomic E-state index is 12.9. The Bertz CT molecular complexity index is 805. The molecule has 1 N–H and O–H groups in total. The number of ether oxygens (including phenoxy) is 1. The molecule has 0 saturated carbocycles. The molecule has 1 atom stereocenters. The van der Waals surface area contributed by atoms with Gasteiger partial charge in [-0.1, -0.05) is 6.07 Å². The predicted molar refractivity (Wildman–Crippen MR) is 92.7 cm³/mol. The first kappa shape index (κ1) is 17.4. The van der Waals surface area contributed by atoms with Gasteiger partial charge in [0.05, 0.1) is 10.5 Å². The number of furan rings is 1. The van der Waals surface area contributed by atoms with Crippen LogP contribution in [0, 0.1) is 6.92 Å². The Kier molecular flexibility index (Phi) is 5.06. The highest BCUT2D eigenvalue weighted by molar-refractivity contribution is 7.12. The third-order valence-electron chi connectivity index (χ3n) is 4.07. The Hall–Kier alpha value is -2.38. The van der Waals surface area contributed by atoms with E-state index in [1.165, 1.54) is 16.2 Å². The van der Waals surface area contributed by atoms with E-state index in [1.807, 2.05) is 0 Å². The van der Waals surface area contributed by atoms with Gasteiger partial charge in [-0.15, -0.1) is 11.3 Å². The minimum atomic E-state index is -0.729. The molecule has 7 heteroatoms. The van der Waals surface area contributed by atoms with Gasteiger partial charge < -0.3 is 19.2 Å². The van der Waals surface area contributed by atoms with Crippen LogP contribution >= 0.6 is 11.3 Å². The second kappa shape index (κ2) is 7.25. The molecular weight excluding hydrogens is 342 g/mol. The van der Waals surface area contributed by atoms with Gasteiger partial charge in [-0.2, -0.15) is 0 Å². The van der Waals surface area contributed by atoms with Crippen molar-refractivity contribution in [1.29, 1.82) is 0 Å². The SMILES string of the molecule is COCCCN1C(=O)C(O)=C(C(=O)c2cccs2)C1c1ccc(C)o1. The number of amides is 1. The normalized spacial score (nSPS) is 17.6. The van der Waals surface area contributed by atoms with Gasteiger partial charge in [0, 0.05) is 20.3 Å². The summed E-state index contributed by atoms with van der Waals surface area (Å²) in [6.07, 6.45) is 0.589. The lowest BCUT2D eigenvalue weighted by atomic mass is 10.00. The van der Waals surface area contributed by atoms with Crippen molar-refractivity contribution in [2.24, 2.45) is 0 Å². The molecule has 1 aliphatic heterocycles. The third kappa shape index (κ3) is 3.25. The van der Waals surface area contributed by atoms with Gasteiger partial charge in [-0.25, -0.2) is 0 Å². The van der Waals surface area contributed by atoms with Gasteiger partial charge >= 0.3 is 0 Å². The van der Waals surface area contributed by atoms with Gasteiger partial charge in [-0.3, -0.25) is 9.59 Å². The standard InChI is InChI=1S/C18H19NO5S/c1-11-6-7-12(24-11)15-14(16(20)13-5-3-10-25-13)17(21)18(22)19(15)8-4-9-23-2/h3,5-7,10,15,21H,4,8-9H2,1-2H3. The molecule has 1 aliphatic rings. The Morgan fingerprint density at radius 1 is 1.40 bits per heavy atom. The van der Waals surface area contributed by atoms with Crippen molar-refractivity contribution in [2.75, 3.05) is 20.3 Å². The van der Waals surface area contributed by atoms with Crippen molar-refractivity contribution in [2.45, 2.75) is 19.4 Å². The van der Waals surface area contributed by atoms with Crippen molar-refractivity contribution in [3.8, 4) is 0 Å². The Labute approximate surface area is 149 Å². The molecule has 2 aromatic rings. The van der Waals surface area contributed by atoms with Gasteiger partial charge in [0.15, 0.2) is 5.76 Å². The molecule has 132 valence electrons. The smallest absolute Gasteiger partial charge is 0.290 e. The maximum Gasteiger partial charge on any atom is 0.290 e. The highest BCUT2D eigenvalue weighted by Gasteiger charge is 2.45. The van der Waals surface area contributed by atoms with Crippen LogP contribution in [0.15, 0.2) is 45.4 Å². The quantitative estimate of drug-likeness (QED) is 0.605. The molecule has 0 spiro atoms. The summed E-state index contributed by atoms with van der Waals surface area (Å²) in [6.45, 7) is 2.62. The molecule has 2 aromatic heterocycles. The fraction of sp³-hybridized carbons (Fsp3) is 0.333. The molecule has 0 saturated heterocycles. The molecule has 25 heavy (non-hydrogen) atoms. The number of rotatable bonds is 7. The summed E-state index contributed by atoms with van der Waals surface area (Å²) in [5.41, 5.74) is 0.0687. The highest BCUT2D eigenvalue weighted by atomic mass is 32.1. The van der Waals surface area contributed by atoms with Gasteiger partial charge in [-0.05, 0) is 36.9 Å². The lowest BCUT2D eigenvalue weighted by Gasteiger charge is -2.24. The number of hydrogen-bond acceptors (Lipinski definition) is 6. The number of hydrogen-bond donors (Lipinski definition) is 1. The zero-order valence-corrected chi connectivity index (χ0v) is 14.8. The zero-order chi connectivity index (χ0) is 18.0. The van der Waals surface area contributed by atoms with E-state index in [9.17, 15) is 14.7 Å². The van der Waals surface area contributed by atoms with Crippen LogP contribution in [0.1, 0.15) is 33.7 Å². The van der Waals surface area contributed by atoms with E-state index in [-0.39, 0.29) is 11.4 Å². The van der Waals surface area contributed by atoms with Crippen molar-refractivity contribution < 1.29 is 23.8 Å². The molecule has 0 bridgehead atoms.